The molecule has 0 radical (unpaired) electrons. The van der Waals surface area contributed by atoms with Gasteiger partial charge in [0.25, 0.3) is 0 Å². The second-order valence-corrected chi connectivity index (χ2v) is 6.62. The molecule has 0 saturated carbocycles. The van der Waals surface area contributed by atoms with Gasteiger partial charge in [-0.1, -0.05) is 6.07 Å². The number of aryl methyl sites for hydroxylation is 2. The van der Waals surface area contributed by atoms with Gasteiger partial charge in [-0.05, 0) is 62.1 Å². The summed E-state index contributed by atoms with van der Waals surface area (Å²) in [6.07, 6.45) is 2.95. The van der Waals surface area contributed by atoms with Gasteiger partial charge >= 0.3 is 0 Å². The summed E-state index contributed by atoms with van der Waals surface area (Å²) >= 11 is 0. The fraction of sp³-hybridized carbons (Fsp3) is 0.350. The Morgan fingerprint density at radius 1 is 1.25 bits per heavy atom. The van der Waals surface area contributed by atoms with Crippen molar-refractivity contribution in [2.75, 3.05) is 18.6 Å². The summed E-state index contributed by atoms with van der Waals surface area (Å²) in [5.74, 6) is 1.96. The molecule has 0 fully saturated rings. The summed E-state index contributed by atoms with van der Waals surface area (Å²) in [7, 11) is 1.72. The van der Waals surface area contributed by atoms with Crippen LogP contribution in [0.25, 0.3) is 10.9 Å². The average Bonchev–Trinajstić information content (AvgIpc) is 2.90. The largest absolute Gasteiger partial charge is 0.497 e. The van der Waals surface area contributed by atoms with Gasteiger partial charge in [0, 0.05) is 23.8 Å². The van der Waals surface area contributed by atoms with Crippen molar-refractivity contribution in [2.45, 2.75) is 33.2 Å². The van der Waals surface area contributed by atoms with E-state index in [-0.39, 0.29) is 6.04 Å². The molecule has 2 aromatic heterocycles. The maximum atomic E-state index is 5.42. The number of methoxy groups -OCH3 is 1. The minimum absolute atomic E-state index is 0.269. The van der Waals surface area contributed by atoms with Gasteiger partial charge in [0.05, 0.1) is 18.7 Å². The molecule has 1 unspecified atom stereocenters. The summed E-state index contributed by atoms with van der Waals surface area (Å²) in [5.41, 5.74) is 6.40. The number of benzene rings is 1. The molecule has 1 aromatic carbocycles. The molecule has 1 atom stereocenters. The molecule has 0 saturated heterocycles. The summed E-state index contributed by atoms with van der Waals surface area (Å²) in [6.45, 7) is 7.51. The van der Waals surface area contributed by atoms with Gasteiger partial charge in [-0.15, -0.1) is 0 Å². The third-order valence-corrected chi connectivity index (χ3v) is 5.37. The number of pyridine rings is 1. The highest BCUT2D eigenvalue weighted by atomic mass is 16.5. The topological polar surface area (TPSA) is 41.1 Å². The maximum Gasteiger partial charge on any atom is 0.153 e. The summed E-state index contributed by atoms with van der Waals surface area (Å²) in [4.78, 5) is 10.6. The van der Waals surface area contributed by atoms with Crippen LogP contribution in [0.1, 0.15) is 35.3 Å². The highest BCUT2D eigenvalue weighted by Gasteiger charge is 2.27. The molecular weight excluding hydrogens is 298 g/mol. The number of aromatic amines is 1. The normalized spacial score (nSPS) is 17.2. The second kappa shape index (κ2) is 5.55. The van der Waals surface area contributed by atoms with E-state index in [9.17, 15) is 0 Å². The van der Waals surface area contributed by atoms with Crippen LogP contribution in [0, 0.1) is 13.8 Å². The van der Waals surface area contributed by atoms with E-state index in [0.29, 0.717) is 0 Å². The Labute approximate surface area is 142 Å². The van der Waals surface area contributed by atoms with Crippen LogP contribution < -0.4 is 9.64 Å². The van der Waals surface area contributed by atoms with Crippen molar-refractivity contribution >= 4 is 16.7 Å². The molecule has 24 heavy (non-hydrogen) atoms. The van der Waals surface area contributed by atoms with Crippen molar-refractivity contribution in [2.24, 2.45) is 0 Å². The minimum Gasteiger partial charge on any atom is -0.497 e. The molecule has 4 heteroatoms. The fourth-order valence-corrected chi connectivity index (χ4v) is 3.80. The Morgan fingerprint density at radius 3 is 2.88 bits per heavy atom. The number of H-pyrrole nitrogens is 1. The lowest BCUT2D eigenvalue weighted by atomic mass is 9.93. The molecule has 4 nitrogen and oxygen atoms in total. The Balaban J connectivity index is 1.82. The third kappa shape index (κ3) is 2.17. The first-order valence-electron chi connectivity index (χ1n) is 8.47. The minimum atomic E-state index is 0.269. The van der Waals surface area contributed by atoms with Gasteiger partial charge in [-0.2, -0.15) is 0 Å². The first-order chi connectivity index (χ1) is 11.6. The van der Waals surface area contributed by atoms with Gasteiger partial charge in [0.15, 0.2) is 5.82 Å². The van der Waals surface area contributed by atoms with Gasteiger partial charge in [0.1, 0.15) is 5.75 Å². The number of hydrogen-bond donors (Lipinski definition) is 1. The molecule has 124 valence electrons. The summed E-state index contributed by atoms with van der Waals surface area (Å²) in [6, 6.07) is 8.78. The van der Waals surface area contributed by atoms with Crippen LogP contribution in [0.3, 0.4) is 0 Å². The van der Waals surface area contributed by atoms with Gasteiger partial charge in [-0.25, -0.2) is 4.98 Å². The van der Waals surface area contributed by atoms with E-state index in [1.165, 1.54) is 27.8 Å². The zero-order valence-electron chi connectivity index (χ0n) is 14.7. The Morgan fingerprint density at radius 2 is 2.08 bits per heavy atom. The molecule has 0 amide bonds. The molecule has 3 aromatic rings. The van der Waals surface area contributed by atoms with E-state index < -0.39 is 0 Å². The second-order valence-electron chi connectivity index (χ2n) is 6.62. The zero-order chi connectivity index (χ0) is 16.8. The number of nitrogens with one attached hydrogen (secondary N) is 1. The van der Waals surface area contributed by atoms with E-state index in [1.807, 2.05) is 6.20 Å². The molecular formula is C20H23N3O. The van der Waals surface area contributed by atoms with Crippen molar-refractivity contribution in [3.05, 3.63) is 52.8 Å². The van der Waals surface area contributed by atoms with Crippen molar-refractivity contribution in [3.8, 4) is 5.75 Å². The SMILES string of the molecule is COc1ccc2c(c1)C(C)N(c1nccc3c(C)c(C)[nH]c13)CC2. The highest BCUT2D eigenvalue weighted by Crippen LogP contribution is 2.37. The van der Waals surface area contributed by atoms with E-state index in [2.05, 4.69) is 54.9 Å². The van der Waals surface area contributed by atoms with Crippen LogP contribution in [0.2, 0.25) is 0 Å². The molecule has 0 aliphatic carbocycles. The number of fused-ring (bicyclic) bond motifs is 2. The first-order valence-corrected chi connectivity index (χ1v) is 8.47. The zero-order valence-corrected chi connectivity index (χ0v) is 14.7. The summed E-state index contributed by atoms with van der Waals surface area (Å²) < 4.78 is 5.42. The number of aromatic nitrogens is 2. The van der Waals surface area contributed by atoms with E-state index in [4.69, 9.17) is 9.72 Å². The van der Waals surface area contributed by atoms with E-state index >= 15 is 0 Å². The van der Waals surface area contributed by atoms with Crippen LogP contribution in [0.5, 0.6) is 5.75 Å². The van der Waals surface area contributed by atoms with Crippen molar-refractivity contribution in [1.29, 1.82) is 0 Å². The van der Waals surface area contributed by atoms with Crippen molar-refractivity contribution < 1.29 is 4.74 Å². The predicted molar refractivity (Wildman–Crippen MR) is 98.0 cm³/mol. The van der Waals surface area contributed by atoms with Crippen LogP contribution in [0.4, 0.5) is 5.82 Å². The lowest BCUT2D eigenvalue weighted by Crippen LogP contribution is -2.34. The number of rotatable bonds is 2. The van der Waals surface area contributed by atoms with Crippen molar-refractivity contribution in [1.82, 2.24) is 9.97 Å². The quantitative estimate of drug-likeness (QED) is 0.764. The van der Waals surface area contributed by atoms with Crippen molar-refractivity contribution in [3.63, 3.8) is 0 Å². The molecule has 3 heterocycles. The van der Waals surface area contributed by atoms with Crippen LogP contribution >= 0.6 is 0 Å². The smallest absolute Gasteiger partial charge is 0.153 e. The standard InChI is InChI=1S/C20H23N3O/c1-12-13(2)22-19-17(12)7-9-21-20(19)23-10-8-15-5-6-16(24-4)11-18(15)14(23)3/h5-7,9,11,14,22H,8,10H2,1-4H3. The number of ether oxygens (including phenoxy) is 1. The van der Waals surface area contributed by atoms with Gasteiger partial charge < -0.3 is 14.6 Å². The monoisotopic (exact) mass is 321 g/mol. The maximum absolute atomic E-state index is 5.42. The van der Waals surface area contributed by atoms with Gasteiger partial charge in [0.2, 0.25) is 0 Å². The molecule has 0 bridgehead atoms. The average molecular weight is 321 g/mol. The Kier molecular flexibility index (Phi) is 3.48. The third-order valence-electron chi connectivity index (χ3n) is 5.37. The Hall–Kier alpha value is -2.49. The lowest BCUT2D eigenvalue weighted by molar-refractivity contribution is 0.413. The molecule has 4 rings (SSSR count). The van der Waals surface area contributed by atoms with Gasteiger partial charge in [-0.3, -0.25) is 0 Å². The van der Waals surface area contributed by atoms with E-state index in [1.54, 1.807) is 7.11 Å². The molecule has 1 aliphatic rings. The van der Waals surface area contributed by atoms with Crippen LogP contribution in [0.15, 0.2) is 30.5 Å². The number of anilines is 1. The first kappa shape index (κ1) is 15.1. The van der Waals surface area contributed by atoms with Crippen LogP contribution in [-0.2, 0) is 6.42 Å². The number of nitrogens with zero attached hydrogens (tertiary/aromatic N) is 2. The fourth-order valence-electron chi connectivity index (χ4n) is 3.80. The number of hydrogen-bond acceptors (Lipinski definition) is 3. The molecule has 1 N–H and O–H groups in total. The highest BCUT2D eigenvalue weighted by molar-refractivity contribution is 5.92. The predicted octanol–water partition coefficient (Wildman–Crippen LogP) is 4.31. The van der Waals surface area contributed by atoms with Crippen LogP contribution in [-0.4, -0.2) is 23.6 Å². The lowest BCUT2D eigenvalue weighted by Gasteiger charge is -2.36. The van der Waals surface area contributed by atoms with E-state index in [0.717, 1.165) is 30.0 Å². The summed E-state index contributed by atoms with van der Waals surface area (Å²) in [5, 5.41) is 1.26. The molecule has 1 aliphatic heterocycles. The molecule has 0 spiro atoms. The Bertz CT molecular complexity index is 913.